The van der Waals surface area contributed by atoms with Crippen molar-refractivity contribution in [1.29, 1.82) is 0 Å². The van der Waals surface area contributed by atoms with E-state index in [1.165, 1.54) is 31.3 Å². The van der Waals surface area contributed by atoms with Gasteiger partial charge in [0.05, 0.1) is 12.2 Å². The normalized spacial score (nSPS) is 42.2. The van der Waals surface area contributed by atoms with Crippen LogP contribution in [-0.4, -0.2) is 53.4 Å². The quantitative estimate of drug-likeness (QED) is 0.554. The maximum Gasteiger partial charge on any atom is 0.238 e. The van der Waals surface area contributed by atoms with Gasteiger partial charge in [-0.2, -0.15) is 0 Å². The molecule has 4 rings (SSSR count). The zero-order chi connectivity index (χ0) is 22.9. The third kappa shape index (κ3) is 5.47. The Hall–Kier alpha value is -0.780. The SMILES string of the molecule is C[C@@H](CN1CC[C@@H](CC(F)F)C1)[C@H]1CC[C@H]2C(=CC=C3C[C@@H](O)C[C@@H](O)C3)CCC[C@]12C. The van der Waals surface area contributed by atoms with E-state index >= 15 is 0 Å². The predicted octanol–water partition coefficient (Wildman–Crippen LogP) is 5.57. The Morgan fingerprint density at radius 2 is 1.88 bits per heavy atom. The summed E-state index contributed by atoms with van der Waals surface area (Å²) in [5.41, 5.74) is 3.07. The van der Waals surface area contributed by atoms with E-state index in [1.807, 2.05) is 0 Å². The van der Waals surface area contributed by atoms with E-state index in [9.17, 15) is 19.0 Å². The van der Waals surface area contributed by atoms with E-state index in [1.54, 1.807) is 5.57 Å². The summed E-state index contributed by atoms with van der Waals surface area (Å²) in [7, 11) is 0. The van der Waals surface area contributed by atoms with Gasteiger partial charge in [0.15, 0.2) is 0 Å². The number of aliphatic hydroxyl groups excluding tert-OH is 2. The number of likely N-dealkylation sites (tertiary alicyclic amines) is 1. The van der Waals surface area contributed by atoms with Gasteiger partial charge in [-0.3, -0.25) is 0 Å². The van der Waals surface area contributed by atoms with Crippen LogP contribution in [0.25, 0.3) is 0 Å². The minimum Gasteiger partial charge on any atom is -0.393 e. The van der Waals surface area contributed by atoms with Crippen molar-refractivity contribution < 1.29 is 19.0 Å². The molecule has 32 heavy (non-hydrogen) atoms. The highest BCUT2D eigenvalue weighted by Gasteiger charge is 2.50. The molecule has 0 amide bonds. The molecule has 182 valence electrons. The summed E-state index contributed by atoms with van der Waals surface area (Å²) in [6.45, 7) is 7.77. The molecule has 0 radical (unpaired) electrons. The highest BCUT2D eigenvalue weighted by Crippen LogP contribution is 2.59. The summed E-state index contributed by atoms with van der Waals surface area (Å²) < 4.78 is 25.5. The molecular formula is C27H43F2NO2. The molecule has 1 heterocycles. The molecule has 0 aromatic rings. The van der Waals surface area contributed by atoms with Crippen LogP contribution in [0, 0.1) is 29.1 Å². The Labute approximate surface area is 193 Å². The summed E-state index contributed by atoms with van der Waals surface area (Å²) in [5.74, 6) is 2.08. The van der Waals surface area contributed by atoms with E-state index in [0.29, 0.717) is 42.4 Å². The molecule has 5 heteroatoms. The number of allylic oxidation sites excluding steroid dienone is 3. The molecule has 2 N–H and O–H groups in total. The number of hydrogen-bond donors (Lipinski definition) is 2. The molecule has 0 aromatic carbocycles. The lowest BCUT2D eigenvalue weighted by Gasteiger charge is -2.45. The minimum atomic E-state index is -2.17. The van der Waals surface area contributed by atoms with Gasteiger partial charge in [-0.05, 0) is 93.4 Å². The van der Waals surface area contributed by atoms with Crippen molar-refractivity contribution in [3.63, 3.8) is 0 Å². The van der Waals surface area contributed by atoms with Gasteiger partial charge in [-0.25, -0.2) is 8.78 Å². The van der Waals surface area contributed by atoms with Gasteiger partial charge in [0, 0.05) is 19.5 Å². The molecule has 3 nitrogen and oxygen atoms in total. The van der Waals surface area contributed by atoms with Crippen LogP contribution in [0.15, 0.2) is 23.3 Å². The van der Waals surface area contributed by atoms with E-state index in [0.717, 1.165) is 32.5 Å². The molecule has 3 saturated carbocycles. The number of nitrogens with zero attached hydrogens (tertiary/aromatic N) is 1. The first-order chi connectivity index (χ1) is 15.2. The maximum absolute atomic E-state index is 12.8. The molecule has 3 aliphatic carbocycles. The average molecular weight is 452 g/mol. The first kappa shape index (κ1) is 24.3. The summed E-state index contributed by atoms with van der Waals surface area (Å²) >= 11 is 0. The second-order valence-corrected chi connectivity index (χ2v) is 11.6. The van der Waals surface area contributed by atoms with Crippen LogP contribution in [0.4, 0.5) is 8.78 Å². The molecule has 0 aromatic heterocycles. The first-order valence-electron chi connectivity index (χ1n) is 13.0. The Balaban J connectivity index is 1.39. The van der Waals surface area contributed by atoms with Crippen molar-refractivity contribution in [3.8, 4) is 0 Å². The maximum atomic E-state index is 12.8. The van der Waals surface area contributed by atoms with Crippen LogP contribution in [0.5, 0.6) is 0 Å². The lowest BCUT2D eigenvalue weighted by molar-refractivity contribution is 0.0609. The van der Waals surface area contributed by atoms with Crippen molar-refractivity contribution in [2.45, 2.75) is 96.7 Å². The highest BCUT2D eigenvalue weighted by molar-refractivity contribution is 5.26. The molecule has 4 fully saturated rings. The van der Waals surface area contributed by atoms with E-state index < -0.39 is 18.6 Å². The first-order valence-corrected chi connectivity index (χ1v) is 13.0. The molecule has 0 spiro atoms. The monoisotopic (exact) mass is 451 g/mol. The molecule has 1 aliphatic heterocycles. The predicted molar refractivity (Wildman–Crippen MR) is 125 cm³/mol. The van der Waals surface area contributed by atoms with Crippen molar-refractivity contribution >= 4 is 0 Å². The van der Waals surface area contributed by atoms with Gasteiger partial charge in [0.2, 0.25) is 6.43 Å². The smallest absolute Gasteiger partial charge is 0.238 e. The van der Waals surface area contributed by atoms with Crippen molar-refractivity contribution in [2.24, 2.45) is 29.1 Å². The zero-order valence-corrected chi connectivity index (χ0v) is 20.0. The van der Waals surface area contributed by atoms with Gasteiger partial charge in [0.1, 0.15) is 0 Å². The number of halogens is 2. The van der Waals surface area contributed by atoms with Gasteiger partial charge >= 0.3 is 0 Å². The fraction of sp³-hybridized carbons (Fsp3) is 0.852. The van der Waals surface area contributed by atoms with Crippen LogP contribution in [-0.2, 0) is 0 Å². The standard InChI is InChI=1S/C27H43F2NO2/c1-18(16-30-11-9-20(17-30)14-26(28)29)24-7-8-25-21(4-3-10-27(24,25)2)6-5-19-12-22(31)15-23(32)13-19/h5-6,18,20,22-26,31-32H,3-4,7-17H2,1-2H3/t18-,20-,22-,23+,24+,25-,27+/m0/s1. The highest BCUT2D eigenvalue weighted by atomic mass is 19.3. The van der Waals surface area contributed by atoms with Gasteiger partial charge in [-0.15, -0.1) is 0 Å². The Bertz CT molecular complexity index is 696. The molecule has 0 bridgehead atoms. The van der Waals surface area contributed by atoms with Crippen LogP contribution in [0.2, 0.25) is 0 Å². The van der Waals surface area contributed by atoms with Crippen molar-refractivity contribution in [2.75, 3.05) is 19.6 Å². The topological polar surface area (TPSA) is 43.7 Å². The number of alkyl halides is 2. The molecule has 1 saturated heterocycles. The van der Waals surface area contributed by atoms with E-state index in [-0.39, 0.29) is 12.3 Å². The summed E-state index contributed by atoms with van der Waals surface area (Å²) in [6, 6.07) is 0. The number of rotatable bonds is 6. The summed E-state index contributed by atoms with van der Waals surface area (Å²) in [5, 5.41) is 20.0. The third-order valence-corrected chi connectivity index (χ3v) is 9.23. The molecule has 4 aliphatic rings. The van der Waals surface area contributed by atoms with Crippen molar-refractivity contribution in [3.05, 3.63) is 23.3 Å². The molecule has 0 unspecified atom stereocenters. The summed E-state index contributed by atoms with van der Waals surface area (Å²) in [4.78, 5) is 2.44. The Morgan fingerprint density at radius 3 is 2.59 bits per heavy atom. The molecule has 7 atom stereocenters. The zero-order valence-electron chi connectivity index (χ0n) is 20.0. The van der Waals surface area contributed by atoms with Gasteiger partial charge < -0.3 is 15.1 Å². The minimum absolute atomic E-state index is 0.0613. The Morgan fingerprint density at radius 1 is 1.12 bits per heavy atom. The van der Waals surface area contributed by atoms with E-state index in [4.69, 9.17) is 0 Å². The average Bonchev–Trinajstić information content (AvgIpc) is 3.28. The van der Waals surface area contributed by atoms with Crippen LogP contribution in [0.1, 0.15) is 78.1 Å². The van der Waals surface area contributed by atoms with Crippen LogP contribution >= 0.6 is 0 Å². The molecular weight excluding hydrogens is 408 g/mol. The third-order valence-electron chi connectivity index (χ3n) is 9.23. The second-order valence-electron chi connectivity index (χ2n) is 11.6. The van der Waals surface area contributed by atoms with Gasteiger partial charge in [-0.1, -0.05) is 37.1 Å². The van der Waals surface area contributed by atoms with Crippen molar-refractivity contribution in [1.82, 2.24) is 4.90 Å². The lowest BCUT2D eigenvalue weighted by Crippen LogP contribution is -2.39. The van der Waals surface area contributed by atoms with E-state index in [2.05, 4.69) is 30.9 Å². The van der Waals surface area contributed by atoms with Crippen LogP contribution in [0.3, 0.4) is 0 Å². The summed E-state index contributed by atoms with van der Waals surface area (Å²) in [6.07, 6.45) is 10.6. The number of aliphatic hydroxyl groups is 2. The van der Waals surface area contributed by atoms with Crippen LogP contribution < -0.4 is 0 Å². The number of hydrogen-bond acceptors (Lipinski definition) is 3. The number of fused-ring (bicyclic) bond motifs is 1. The fourth-order valence-electron chi connectivity index (χ4n) is 7.80. The fourth-order valence-corrected chi connectivity index (χ4v) is 7.80. The lowest BCUT2D eigenvalue weighted by atomic mass is 9.61. The Kier molecular flexibility index (Phi) is 7.78. The van der Waals surface area contributed by atoms with Gasteiger partial charge in [0.25, 0.3) is 0 Å². The largest absolute Gasteiger partial charge is 0.393 e. The second kappa shape index (κ2) is 10.2.